The van der Waals surface area contributed by atoms with Crippen LogP contribution in [0.2, 0.25) is 5.02 Å². The topological polar surface area (TPSA) is 50.4 Å². The summed E-state index contributed by atoms with van der Waals surface area (Å²) < 4.78 is 6.03. The summed E-state index contributed by atoms with van der Waals surface area (Å²) >= 11 is 9.36. The summed E-state index contributed by atoms with van der Waals surface area (Å²) in [6, 6.07) is 5.45. The van der Waals surface area contributed by atoms with E-state index in [1.54, 1.807) is 18.2 Å². The number of carbonyl (C=O) groups is 1. The van der Waals surface area contributed by atoms with E-state index in [9.17, 15) is 4.79 Å². The molecule has 0 aliphatic carbocycles. The van der Waals surface area contributed by atoms with Gasteiger partial charge in [0.2, 0.25) is 0 Å². The largest absolute Gasteiger partial charge is 0.378 e. The molecule has 1 saturated heterocycles. The van der Waals surface area contributed by atoms with Gasteiger partial charge in [-0.1, -0.05) is 17.7 Å². The first-order chi connectivity index (χ1) is 8.68. The molecule has 1 aromatic carbocycles. The van der Waals surface area contributed by atoms with Crippen molar-refractivity contribution >= 4 is 33.4 Å². The van der Waals surface area contributed by atoms with E-state index in [1.807, 2.05) is 0 Å². The molecule has 4 nitrogen and oxygen atoms in total. The Hall–Kier alpha value is -0.620. The number of nitrogens with one attached hydrogen (secondary N) is 2. The third kappa shape index (κ3) is 3.45. The maximum absolute atomic E-state index is 12.0. The Balaban J connectivity index is 1.93. The summed E-state index contributed by atoms with van der Waals surface area (Å²) in [5.41, 5.74) is 0.475. The Kier molecular flexibility index (Phi) is 5.00. The second-order valence-corrected chi connectivity index (χ2v) is 5.27. The van der Waals surface area contributed by atoms with Crippen LogP contribution in [0, 0.1) is 0 Å². The van der Waals surface area contributed by atoms with Crippen LogP contribution >= 0.6 is 27.5 Å². The van der Waals surface area contributed by atoms with E-state index in [1.165, 1.54) is 0 Å². The zero-order valence-electron chi connectivity index (χ0n) is 9.71. The highest BCUT2D eigenvalue weighted by molar-refractivity contribution is 9.10. The van der Waals surface area contributed by atoms with Crippen LogP contribution in [-0.2, 0) is 4.74 Å². The van der Waals surface area contributed by atoms with Crippen LogP contribution in [0.1, 0.15) is 10.4 Å². The zero-order chi connectivity index (χ0) is 13.0. The van der Waals surface area contributed by atoms with Crippen molar-refractivity contribution < 1.29 is 9.53 Å². The van der Waals surface area contributed by atoms with Gasteiger partial charge in [0.05, 0.1) is 23.8 Å². The van der Waals surface area contributed by atoms with Gasteiger partial charge >= 0.3 is 0 Å². The minimum absolute atomic E-state index is 0.161. The van der Waals surface area contributed by atoms with Gasteiger partial charge in [-0.25, -0.2) is 0 Å². The third-order valence-corrected chi connectivity index (χ3v) is 4.00. The van der Waals surface area contributed by atoms with Crippen molar-refractivity contribution in [2.45, 2.75) is 6.04 Å². The van der Waals surface area contributed by atoms with Gasteiger partial charge in [0.1, 0.15) is 0 Å². The average Bonchev–Trinajstić information content (AvgIpc) is 2.40. The van der Waals surface area contributed by atoms with Gasteiger partial charge in [-0.2, -0.15) is 0 Å². The van der Waals surface area contributed by atoms with Gasteiger partial charge in [0.25, 0.3) is 5.91 Å². The summed E-state index contributed by atoms with van der Waals surface area (Å²) in [4.78, 5) is 12.0. The van der Waals surface area contributed by atoms with Crippen LogP contribution in [0.15, 0.2) is 22.7 Å². The minimum atomic E-state index is -0.173. The van der Waals surface area contributed by atoms with Crippen LogP contribution in [-0.4, -0.2) is 38.3 Å². The fourth-order valence-electron chi connectivity index (χ4n) is 1.74. The summed E-state index contributed by atoms with van der Waals surface area (Å²) in [5.74, 6) is -0.173. The molecule has 1 aromatic rings. The SMILES string of the molecule is O=C(NCC1COCCN1)c1cccc(Br)c1Cl. The van der Waals surface area contributed by atoms with Gasteiger partial charge < -0.3 is 15.4 Å². The molecule has 0 spiro atoms. The second kappa shape index (κ2) is 6.52. The van der Waals surface area contributed by atoms with Crippen molar-refractivity contribution in [3.8, 4) is 0 Å². The van der Waals surface area contributed by atoms with Gasteiger partial charge in [0.15, 0.2) is 0 Å². The standard InChI is InChI=1S/C12H14BrClN2O2/c13-10-3-1-2-9(11(10)14)12(17)16-6-8-7-18-5-4-15-8/h1-3,8,15H,4-7H2,(H,16,17). The van der Waals surface area contributed by atoms with Crippen molar-refractivity contribution in [3.63, 3.8) is 0 Å². The molecular weight excluding hydrogens is 320 g/mol. The Bertz CT molecular complexity index is 436. The Morgan fingerprint density at radius 1 is 1.61 bits per heavy atom. The van der Waals surface area contributed by atoms with Gasteiger partial charge in [-0.3, -0.25) is 4.79 Å². The molecule has 6 heteroatoms. The molecule has 1 aliphatic heterocycles. The molecule has 1 fully saturated rings. The van der Waals surface area contributed by atoms with E-state index in [0.29, 0.717) is 23.7 Å². The van der Waals surface area contributed by atoms with E-state index in [0.717, 1.165) is 17.6 Å². The van der Waals surface area contributed by atoms with Crippen LogP contribution in [0.3, 0.4) is 0 Å². The summed E-state index contributed by atoms with van der Waals surface area (Å²) in [5, 5.41) is 6.55. The normalized spacial score (nSPS) is 19.6. The molecule has 0 saturated carbocycles. The van der Waals surface area contributed by atoms with Crippen molar-refractivity contribution in [3.05, 3.63) is 33.3 Å². The highest BCUT2D eigenvalue weighted by Crippen LogP contribution is 2.25. The van der Waals surface area contributed by atoms with Gasteiger partial charge in [-0.15, -0.1) is 0 Å². The number of hydrogen-bond donors (Lipinski definition) is 2. The summed E-state index contributed by atoms with van der Waals surface area (Å²) in [6.07, 6.45) is 0. The maximum atomic E-state index is 12.0. The van der Waals surface area contributed by atoms with Crippen LogP contribution in [0.4, 0.5) is 0 Å². The zero-order valence-corrected chi connectivity index (χ0v) is 12.1. The lowest BCUT2D eigenvalue weighted by Crippen LogP contribution is -2.48. The molecule has 2 rings (SSSR count). The van der Waals surface area contributed by atoms with Crippen molar-refractivity contribution in [2.24, 2.45) is 0 Å². The second-order valence-electron chi connectivity index (χ2n) is 4.04. The predicted octanol–water partition coefficient (Wildman–Crippen LogP) is 1.82. The lowest BCUT2D eigenvalue weighted by Gasteiger charge is -2.24. The number of amides is 1. The van der Waals surface area contributed by atoms with E-state index >= 15 is 0 Å². The quantitative estimate of drug-likeness (QED) is 0.887. The van der Waals surface area contributed by atoms with Crippen molar-refractivity contribution in [1.82, 2.24) is 10.6 Å². The number of carbonyl (C=O) groups excluding carboxylic acids is 1. The number of morpholine rings is 1. The molecule has 1 unspecified atom stereocenters. The number of rotatable bonds is 3. The molecular formula is C12H14BrClN2O2. The smallest absolute Gasteiger partial charge is 0.252 e. The highest BCUT2D eigenvalue weighted by atomic mass is 79.9. The minimum Gasteiger partial charge on any atom is -0.378 e. The van der Waals surface area contributed by atoms with Crippen molar-refractivity contribution in [2.75, 3.05) is 26.3 Å². The molecule has 1 amide bonds. The van der Waals surface area contributed by atoms with E-state index in [-0.39, 0.29) is 11.9 Å². The summed E-state index contributed by atoms with van der Waals surface area (Å²) in [7, 11) is 0. The number of ether oxygens (including phenoxy) is 1. The Morgan fingerprint density at radius 3 is 3.17 bits per heavy atom. The predicted molar refractivity (Wildman–Crippen MR) is 74.1 cm³/mol. The molecule has 0 radical (unpaired) electrons. The van der Waals surface area contributed by atoms with Gasteiger partial charge in [-0.05, 0) is 28.1 Å². The molecule has 2 N–H and O–H groups in total. The first kappa shape index (κ1) is 13.8. The lowest BCUT2D eigenvalue weighted by molar-refractivity contribution is 0.0735. The Labute approximate surface area is 119 Å². The van der Waals surface area contributed by atoms with Gasteiger partial charge in [0, 0.05) is 23.6 Å². The Morgan fingerprint density at radius 2 is 2.44 bits per heavy atom. The first-order valence-corrected chi connectivity index (χ1v) is 6.89. The first-order valence-electron chi connectivity index (χ1n) is 5.72. The van der Waals surface area contributed by atoms with Crippen LogP contribution in [0.5, 0.6) is 0 Å². The molecule has 1 aliphatic rings. The fourth-order valence-corrected chi connectivity index (χ4v) is 2.32. The number of hydrogen-bond acceptors (Lipinski definition) is 3. The molecule has 18 heavy (non-hydrogen) atoms. The highest BCUT2D eigenvalue weighted by Gasteiger charge is 2.16. The third-order valence-electron chi connectivity index (χ3n) is 2.70. The maximum Gasteiger partial charge on any atom is 0.252 e. The number of benzene rings is 1. The summed E-state index contributed by atoms with van der Waals surface area (Å²) in [6.45, 7) is 2.69. The van der Waals surface area contributed by atoms with E-state index in [2.05, 4.69) is 26.6 Å². The molecule has 0 aromatic heterocycles. The van der Waals surface area contributed by atoms with Crippen LogP contribution < -0.4 is 10.6 Å². The lowest BCUT2D eigenvalue weighted by atomic mass is 10.2. The van der Waals surface area contributed by atoms with E-state index < -0.39 is 0 Å². The number of halogens is 2. The molecule has 0 bridgehead atoms. The molecule has 98 valence electrons. The van der Waals surface area contributed by atoms with Crippen molar-refractivity contribution in [1.29, 1.82) is 0 Å². The fraction of sp³-hybridized carbons (Fsp3) is 0.417. The average molecular weight is 334 g/mol. The van der Waals surface area contributed by atoms with Crippen LogP contribution in [0.25, 0.3) is 0 Å². The van der Waals surface area contributed by atoms with E-state index in [4.69, 9.17) is 16.3 Å². The molecule has 1 atom stereocenters. The molecule has 1 heterocycles. The monoisotopic (exact) mass is 332 g/mol.